The van der Waals surface area contributed by atoms with Crippen LogP contribution in [0.3, 0.4) is 0 Å². The number of carbonyl (C=O) groups is 1. The molecule has 6 heteroatoms. The predicted octanol–water partition coefficient (Wildman–Crippen LogP) is 1.33. The summed E-state index contributed by atoms with van der Waals surface area (Å²) in [5, 5.41) is 11.8. The number of nitrogens with zero attached hydrogens (tertiary/aromatic N) is 4. The van der Waals surface area contributed by atoms with E-state index in [2.05, 4.69) is 44.7 Å². The SMILES string of the molecule is CN(C)C(=O)c1ccc(N2CCNC(c3ccccc3)C2)nn1. The highest BCUT2D eigenvalue weighted by Gasteiger charge is 2.22. The fourth-order valence-corrected chi connectivity index (χ4v) is 2.70. The molecule has 0 saturated carbocycles. The molecule has 1 aromatic carbocycles. The first kappa shape index (κ1) is 15.4. The van der Waals surface area contributed by atoms with Crippen LogP contribution in [0.5, 0.6) is 0 Å². The first-order valence-corrected chi connectivity index (χ1v) is 7.74. The zero-order valence-electron chi connectivity index (χ0n) is 13.4. The van der Waals surface area contributed by atoms with Crippen molar-refractivity contribution in [3.05, 3.63) is 53.7 Å². The van der Waals surface area contributed by atoms with Crippen LogP contribution in [-0.4, -0.2) is 54.7 Å². The Balaban J connectivity index is 1.73. The van der Waals surface area contributed by atoms with Crippen molar-refractivity contribution in [1.82, 2.24) is 20.4 Å². The quantitative estimate of drug-likeness (QED) is 0.926. The molecule has 1 amide bonds. The summed E-state index contributed by atoms with van der Waals surface area (Å²) < 4.78 is 0. The van der Waals surface area contributed by atoms with E-state index < -0.39 is 0 Å². The monoisotopic (exact) mass is 311 g/mol. The number of amides is 1. The second kappa shape index (κ2) is 6.75. The molecular weight excluding hydrogens is 290 g/mol. The maximum atomic E-state index is 11.9. The molecule has 0 radical (unpaired) electrons. The topological polar surface area (TPSA) is 61.4 Å². The summed E-state index contributed by atoms with van der Waals surface area (Å²) in [6, 6.07) is 14.3. The molecule has 1 unspecified atom stereocenters. The number of piperazine rings is 1. The highest BCUT2D eigenvalue weighted by Crippen LogP contribution is 2.20. The van der Waals surface area contributed by atoms with Gasteiger partial charge in [-0.15, -0.1) is 10.2 Å². The van der Waals surface area contributed by atoms with Gasteiger partial charge in [0.15, 0.2) is 11.5 Å². The third kappa shape index (κ3) is 3.48. The van der Waals surface area contributed by atoms with Crippen LogP contribution < -0.4 is 10.2 Å². The molecule has 1 N–H and O–H groups in total. The Kier molecular flexibility index (Phi) is 4.52. The first-order chi connectivity index (χ1) is 11.1. The van der Waals surface area contributed by atoms with E-state index in [1.165, 1.54) is 10.5 Å². The van der Waals surface area contributed by atoms with Gasteiger partial charge in [0.2, 0.25) is 0 Å². The van der Waals surface area contributed by atoms with Crippen LogP contribution in [0.25, 0.3) is 0 Å². The lowest BCUT2D eigenvalue weighted by atomic mass is 10.0. The molecule has 1 aliphatic heterocycles. The molecule has 1 aliphatic rings. The molecule has 1 fully saturated rings. The Labute approximate surface area is 136 Å². The van der Waals surface area contributed by atoms with Crippen molar-refractivity contribution < 1.29 is 4.79 Å². The molecule has 0 spiro atoms. The van der Waals surface area contributed by atoms with Crippen LogP contribution in [0.1, 0.15) is 22.1 Å². The van der Waals surface area contributed by atoms with E-state index in [1.807, 2.05) is 12.1 Å². The predicted molar refractivity (Wildman–Crippen MR) is 89.4 cm³/mol. The normalized spacial score (nSPS) is 17.8. The van der Waals surface area contributed by atoms with Gasteiger partial charge in [0, 0.05) is 39.8 Å². The number of anilines is 1. The van der Waals surface area contributed by atoms with Crippen LogP contribution in [0.4, 0.5) is 5.82 Å². The molecule has 0 bridgehead atoms. The molecule has 120 valence electrons. The number of hydrogen-bond acceptors (Lipinski definition) is 5. The minimum absolute atomic E-state index is 0.133. The van der Waals surface area contributed by atoms with E-state index in [0.717, 1.165) is 25.5 Å². The molecule has 1 atom stereocenters. The largest absolute Gasteiger partial charge is 0.352 e. The zero-order chi connectivity index (χ0) is 16.2. The van der Waals surface area contributed by atoms with Crippen molar-refractivity contribution in [2.75, 3.05) is 38.6 Å². The van der Waals surface area contributed by atoms with E-state index in [4.69, 9.17) is 0 Å². The minimum Gasteiger partial charge on any atom is -0.352 e. The van der Waals surface area contributed by atoms with E-state index in [0.29, 0.717) is 5.69 Å². The maximum absolute atomic E-state index is 11.9. The van der Waals surface area contributed by atoms with Gasteiger partial charge in [0.05, 0.1) is 0 Å². The second-order valence-electron chi connectivity index (χ2n) is 5.84. The first-order valence-electron chi connectivity index (χ1n) is 7.74. The van der Waals surface area contributed by atoms with E-state index in [9.17, 15) is 4.79 Å². The average molecular weight is 311 g/mol. The minimum atomic E-state index is -0.133. The van der Waals surface area contributed by atoms with Crippen molar-refractivity contribution in [3.63, 3.8) is 0 Å². The maximum Gasteiger partial charge on any atom is 0.273 e. The summed E-state index contributed by atoms with van der Waals surface area (Å²) in [6.07, 6.45) is 0. The van der Waals surface area contributed by atoms with Crippen molar-refractivity contribution in [2.45, 2.75) is 6.04 Å². The van der Waals surface area contributed by atoms with Crippen molar-refractivity contribution in [2.24, 2.45) is 0 Å². The summed E-state index contributed by atoms with van der Waals surface area (Å²) in [4.78, 5) is 15.6. The molecule has 0 aliphatic carbocycles. The van der Waals surface area contributed by atoms with E-state index >= 15 is 0 Å². The number of aromatic nitrogens is 2. The molecule has 1 aromatic heterocycles. The molecule has 1 saturated heterocycles. The Morgan fingerprint density at radius 3 is 2.61 bits per heavy atom. The van der Waals surface area contributed by atoms with Crippen LogP contribution in [0.15, 0.2) is 42.5 Å². The standard InChI is InChI=1S/C17H21N5O/c1-21(2)17(23)14-8-9-16(20-19-14)22-11-10-18-15(12-22)13-6-4-3-5-7-13/h3-9,15,18H,10-12H2,1-2H3. The van der Waals surface area contributed by atoms with Gasteiger partial charge in [-0.25, -0.2) is 0 Å². The van der Waals surface area contributed by atoms with Crippen molar-refractivity contribution in [1.29, 1.82) is 0 Å². The van der Waals surface area contributed by atoms with Gasteiger partial charge in [-0.3, -0.25) is 4.79 Å². The fraction of sp³-hybridized carbons (Fsp3) is 0.353. The summed E-state index contributed by atoms with van der Waals surface area (Å²) >= 11 is 0. The number of carbonyl (C=O) groups excluding carboxylic acids is 1. The lowest BCUT2D eigenvalue weighted by Gasteiger charge is -2.34. The third-order valence-corrected chi connectivity index (χ3v) is 3.98. The molecule has 2 heterocycles. The summed E-state index contributed by atoms with van der Waals surface area (Å²) in [5.41, 5.74) is 1.64. The van der Waals surface area contributed by atoms with E-state index in [1.54, 1.807) is 20.2 Å². The van der Waals surface area contributed by atoms with Crippen LogP contribution >= 0.6 is 0 Å². The molecular formula is C17H21N5O. The summed E-state index contributed by atoms with van der Waals surface area (Å²) in [5.74, 6) is 0.675. The highest BCUT2D eigenvalue weighted by atomic mass is 16.2. The lowest BCUT2D eigenvalue weighted by molar-refractivity contribution is 0.0821. The van der Waals surface area contributed by atoms with E-state index in [-0.39, 0.29) is 11.9 Å². The summed E-state index contributed by atoms with van der Waals surface area (Å²) in [7, 11) is 3.41. The third-order valence-electron chi connectivity index (χ3n) is 3.98. The zero-order valence-corrected chi connectivity index (χ0v) is 13.4. The number of nitrogens with one attached hydrogen (secondary N) is 1. The second-order valence-corrected chi connectivity index (χ2v) is 5.84. The highest BCUT2D eigenvalue weighted by molar-refractivity contribution is 5.91. The van der Waals surface area contributed by atoms with Gasteiger partial charge in [-0.2, -0.15) is 0 Å². The molecule has 2 aromatic rings. The van der Waals surface area contributed by atoms with Crippen LogP contribution in [0.2, 0.25) is 0 Å². The van der Waals surface area contributed by atoms with Crippen LogP contribution in [-0.2, 0) is 0 Å². The summed E-state index contributed by atoms with van der Waals surface area (Å²) in [6.45, 7) is 2.60. The molecule has 3 rings (SSSR count). The number of benzene rings is 1. The number of rotatable bonds is 3. The average Bonchev–Trinajstić information content (AvgIpc) is 2.62. The van der Waals surface area contributed by atoms with Gasteiger partial charge >= 0.3 is 0 Å². The Hall–Kier alpha value is -2.47. The number of hydrogen-bond donors (Lipinski definition) is 1. The Morgan fingerprint density at radius 1 is 1.17 bits per heavy atom. The van der Waals surface area contributed by atoms with Crippen molar-refractivity contribution >= 4 is 11.7 Å². The van der Waals surface area contributed by atoms with Crippen molar-refractivity contribution in [3.8, 4) is 0 Å². The Morgan fingerprint density at radius 2 is 1.96 bits per heavy atom. The van der Waals surface area contributed by atoms with Gasteiger partial charge in [-0.1, -0.05) is 30.3 Å². The van der Waals surface area contributed by atoms with Gasteiger partial charge in [0.25, 0.3) is 5.91 Å². The van der Waals surface area contributed by atoms with Gasteiger partial charge in [0.1, 0.15) is 0 Å². The Bertz CT molecular complexity index is 656. The molecule has 6 nitrogen and oxygen atoms in total. The van der Waals surface area contributed by atoms with Crippen LogP contribution in [0, 0.1) is 0 Å². The lowest BCUT2D eigenvalue weighted by Crippen LogP contribution is -2.46. The van der Waals surface area contributed by atoms with Gasteiger partial charge in [-0.05, 0) is 17.7 Å². The molecule has 23 heavy (non-hydrogen) atoms. The fourth-order valence-electron chi connectivity index (χ4n) is 2.70. The smallest absolute Gasteiger partial charge is 0.273 e. The van der Waals surface area contributed by atoms with Gasteiger partial charge < -0.3 is 15.1 Å².